The van der Waals surface area contributed by atoms with Gasteiger partial charge in [-0.05, 0) is 30.7 Å². The van der Waals surface area contributed by atoms with E-state index in [0.717, 1.165) is 22.8 Å². The lowest BCUT2D eigenvalue weighted by Crippen LogP contribution is -2.28. The lowest BCUT2D eigenvalue weighted by atomic mass is 10.1. The van der Waals surface area contributed by atoms with Crippen molar-refractivity contribution in [2.75, 3.05) is 20.0 Å². The van der Waals surface area contributed by atoms with Gasteiger partial charge >= 0.3 is 0 Å². The van der Waals surface area contributed by atoms with Crippen LogP contribution in [0.3, 0.4) is 0 Å². The van der Waals surface area contributed by atoms with Crippen LogP contribution in [0.25, 0.3) is 0 Å². The molecule has 128 valence electrons. The highest BCUT2D eigenvalue weighted by Crippen LogP contribution is 2.24. The van der Waals surface area contributed by atoms with Crippen LogP contribution in [0.5, 0.6) is 11.5 Å². The van der Waals surface area contributed by atoms with Crippen LogP contribution in [0.1, 0.15) is 24.1 Å². The average Bonchev–Trinajstić information content (AvgIpc) is 2.62. The van der Waals surface area contributed by atoms with E-state index < -0.39 is 0 Å². The van der Waals surface area contributed by atoms with E-state index in [0.29, 0.717) is 5.75 Å². The maximum atomic E-state index is 12.1. The fourth-order valence-electron chi connectivity index (χ4n) is 2.37. The lowest BCUT2D eigenvalue weighted by Gasteiger charge is -2.17. The maximum Gasteiger partial charge on any atom is 0.230 e. The molecule has 2 rings (SSSR count). The van der Waals surface area contributed by atoms with Gasteiger partial charge in [-0.25, -0.2) is 0 Å². The molecule has 0 bridgehead atoms. The fourth-order valence-corrected chi connectivity index (χ4v) is 3.17. The number of thioether (sulfide) groups is 1. The number of rotatable bonds is 8. The lowest BCUT2D eigenvalue weighted by molar-refractivity contribution is -0.119. The largest absolute Gasteiger partial charge is 0.497 e. The molecule has 0 heterocycles. The summed E-state index contributed by atoms with van der Waals surface area (Å²) in [5.41, 5.74) is 2.15. The van der Waals surface area contributed by atoms with Gasteiger partial charge in [0, 0.05) is 11.3 Å². The van der Waals surface area contributed by atoms with Crippen molar-refractivity contribution in [3.63, 3.8) is 0 Å². The minimum atomic E-state index is -0.0877. The van der Waals surface area contributed by atoms with Gasteiger partial charge in [0.2, 0.25) is 5.91 Å². The molecule has 2 aromatic carbocycles. The van der Waals surface area contributed by atoms with Crippen molar-refractivity contribution in [2.45, 2.75) is 18.7 Å². The second-order valence-corrected chi connectivity index (χ2v) is 6.36. The number of amides is 1. The molecule has 1 N–H and O–H groups in total. The van der Waals surface area contributed by atoms with Crippen LogP contribution in [0.4, 0.5) is 0 Å². The van der Waals surface area contributed by atoms with Gasteiger partial charge in [-0.3, -0.25) is 4.79 Å². The minimum absolute atomic E-state index is 0.0203. The summed E-state index contributed by atoms with van der Waals surface area (Å²) in [7, 11) is 3.29. The molecule has 24 heavy (non-hydrogen) atoms. The molecule has 1 amide bonds. The van der Waals surface area contributed by atoms with Gasteiger partial charge in [-0.15, -0.1) is 11.8 Å². The molecule has 0 radical (unpaired) electrons. The first-order valence-electron chi connectivity index (χ1n) is 7.77. The summed E-state index contributed by atoms with van der Waals surface area (Å²) in [5, 5.41) is 3.02. The Bertz CT molecular complexity index is 658. The van der Waals surface area contributed by atoms with Crippen molar-refractivity contribution in [2.24, 2.45) is 0 Å². The average molecular weight is 345 g/mol. The Labute approximate surface area is 147 Å². The number of nitrogens with one attached hydrogen (secondary N) is 1. The van der Waals surface area contributed by atoms with Crippen molar-refractivity contribution in [3.05, 3.63) is 59.7 Å². The number of carbonyl (C=O) groups excluding carboxylic acids is 1. The number of methoxy groups -OCH3 is 2. The highest BCUT2D eigenvalue weighted by atomic mass is 32.2. The molecular formula is C19H23NO3S. The smallest absolute Gasteiger partial charge is 0.230 e. The standard InChI is InChI=1S/C19H23NO3S/c1-14(17-6-4-5-7-18(17)23-3)20-19(21)13-24-12-15-8-10-16(22-2)11-9-15/h4-11,14H,12-13H2,1-3H3,(H,20,21)/t14-/m1/s1. The molecule has 0 spiro atoms. The Hall–Kier alpha value is -2.14. The Morgan fingerprint density at radius 3 is 2.46 bits per heavy atom. The Morgan fingerprint density at radius 1 is 1.08 bits per heavy atom. The molecule has 0 aliphatic carbocycles. The highest BCUT2D eigenvalue weighted by Gasteiger charge is 2.13. The summed E-state index contributed by atoms with van der Waals surface area (Å²) in [6, 6.07) is 15.5. The molecule has 0 aliphatic rings. The van der Waals surface area contributed by atoms with Crippen molar-refractivity contribution in [1.29, 1.82) is 0 Å². The molecule has 2 aromatic rings. The highest BCUT2D eigenvalue weighted by molar-refractivity contribution is 7.99. The summed E-state index contributed by atoms with van der Waals surface area (Å²) >= 11 is 1.59. The molecule has 0 aliphatic heterocycles. The first kappa shape index (κ1) is 18.2. The van der Waals surface area contributed by atoms with Gasteiger partial charge in [0.1, 0.15) is 11.5 Å². The third kappa shape index (κ3) is 5.20. The zero-order valence-corrected chi connectivity index (χ0v) is 15.1. The molecule has 0 saturated carbocycles. The van der Waals surface area contributed by atoms with Gasteiger partial charge in [0.15, 0.2) is 0 Å². The SMILES string of the molecule is COc1ccc(CSCC(=O)N[C@H](C)c2ccccc2OC)cc1. The van der Waals surface area contributed by atoms with Crippen LogP contribution >= 0.6 is 11.8 Å². The molecule has 5 heteroatoms. The topological polar surface area (TPSA) is 47.6 Å². The summed E-state index contributed by atoms with van der Waals surface area (Å²) in [6.07, 6.45) is 0. The summed E-state index contributed by atoms with van der Waals surface area (Å²) < 4.78 is 10.5. The Kier molecular flexibility index (Phi) is 7.00. The van der Waals surface area contributed by atoms with E-state index in [1.165, 1.54) is 5.56 Å². The molecule has 0 fully saturated rings. The quantitative estimate of drug-likeness (QED) is 0.790. The number of hydrogen-bond donors (Lipinski definition) is 1. The van der Waals surface area contributed by atoms with Crippen LogP contribution in [-0.2, 0) is 10.5 Å². The maximum absolute atomic E-state index is 12.1. The van der Waals surface area contributed by atoms with Crippen LogP contribution in [-0.4, -0.2) is 25.9 Å². The first-order valence-corrected chi connectivity index (χ1v) is 8.92. The van der Waals surface area contributed by atoms with E-state index in [4.69, 9.17) is 9.47 Å². The summed E-state index contributed by atoms with van der Waals surface area (Å²) in [4.78, 5) is 12.1. The summed E-state index contributed by atoms with van der Waals surface area (Å²) in [5.74, 6) is 2.86. The van der Waals surface area contributed by atoms with Gasteiger partial charge in [0.05, 0.1) is 26.0 Å². The monoisotopic (exact) mass is 345 g/mol. The number of para-hydroxylation sites is 1. The van der Waals surface area contributed by atoms with Crippen molar-refractivity contribution in [1.82, 2.24) is 5.32 Å². The van der Waals surface area contributed by atoms with Crippen molar-refractivity contribution < 1.29 is 14.3 Å². The van der Waals surface area contributed by atoms with E-state index in [2.05, 4.69) is 5.32 Å². The molecule has 4 nitrogen and oxygen atoms in total. The second-order valence-electron chi connectivity index (χ2n) is 5.37. The Balaban J connectivity index is 1.80. The third-order valence-electron chi connectivity index (χ3n) is 3.64. The van der Waals surface area contributed by atoms with Crippen LogP contribution < -0.4 is 14.8 Å². The fraction of sp³-hybridized carbons (Fsp3) is 0.316. The Morgan fingerprint density at radius 2 is 1.79 bits per heavy atom. The number of carbonyl (C=O) groups is 1. The molecule has 1 atom stereocenters. The number of ether oxygens (including phenoxy) is 2. The van der Waals surface area contributed by atoms with E-state index in [-0.39, 0.29) is 11.9 Å². The second kappa shape index (κ2) is 9.23. The van der Waals surface area contributed by atoms with E-state index in [1.807, 2.05) is 55.5 Å². The van der Waals surface area contributed by atoms with Crippen molar-refractivity contribution >= 4 is 17.7 Å². The van der Waals surface area contributed by atoms with Crippen molar-refractivity contribution in [3.8, 4) is 11.5 Å². The molecule has 0 aromatic heterocycles. The van der Waals surface area contributed by atoms with Gasteiger partial charge < -0.3 is 14.8 Å². The third-order valence-corrected chi connectivity index (χ3v) is 4.65. The number of hydrogen-bond acceptors (Lipinski definition) is 4. The van der Waals surface area contributed by atoms with Gasteiger partial charge in [-0.2, -0.15) is 0 Å². The first-order chi connectivity index (χ1) is 11.6. The molecular weight excluding hydrogens is 322 g/mol. The normalized spacial score (nSPS) is 11.6. The van der Waals surface area contributed by atoms with Crippen LogP contribution in [0.15, 0.2) is 48.5 Å². The minimum Gasteiger partial charge on any atom is -0.497 e. The molecule has 0 unspecified atom stereocenters. The van der Waals surface area contributed by atoms with Gasteiger partial charge in [-0.1, -0.05) is 30.3 Å². The predicted octanol–water partition coefficient (Wildman–Crippen LogP) is 3.81. The van der Waals surface area contributed by atoms with Gasteiger partial charge in [0.25, 0.3) is 0 Å². The number of benzene rings is 2. The predicted molar refractivity (Wildman–Crippen MR) is 98.7 cm³/mol. The summed E-state index contributed by atoms with van der Waals surface area (Å²) in [6.45, 7) is 1.96. The molecule has 0 saturated heterocycles. The van der Waals surface area contributed by atoms with Crippen LogP contribution in [0, 0.1) is 0 Å². The van der Waals surface area contributed by atoms with E-state index in [9.17, 15) is 4.79 Å². The van der Waals surface area contributed by atoms with E-state index >= 15 is 0 Å². The van der Waals surface area contributed by atoms with E-state index in [1.54, 1.807) is 26.0 Å². The van der Waals surface area contributed by atoms with Crippen LogP contribution in [0.2, 0.25) is 0 Å². The zero-order chi connectivity index (χ0) is 17.4. The zero-order valence-electron chi connectivity index (χ0n) is 14.2.